The van der Waals surface area contributed by atoms with Gasteiger partial charge in [-0.15, -0.1) is 0 Å². The standard InChI is InChI=1S/C29H62N2O/c1-5-6-7-8-9-10-13-16-19-22-25-31(28-27-30(2)3)26-23-20-17-14-11-12-15-18-21-24-29-32-4/h5-29H2,1-4H3. The largest absolute Gasteiger partial charge is 0.385 e. The second-order valence-corrected chi connectivity index (χ2v) is 10.4. The van der Waals surface area contributed by atoms with Gasteiger partial charge in [0, 0.05) is 26.8 Å². The molecule has 0 unspecified atom stereocenters. The molecule has 0 rings (SSSR count). The van der Waals surface area contributed by atoms with Gasteiger partial charge in [0.15, 0.2) is 0 Å². The van der Waals surface area contributed by atoms with Crippen LogP contribution in [0.15, 0.2) is 0 Å². The van der Waals surface area contributed by atoms with Crippen molar-refractivity contribution < 1.29 is 4.74 Å². The number of likely N-dealkylation sites (N-methyl/N-ethyl adjacent to an activating group) is 1. The number of ether oxygens (including phenoxy) is 1. The SMILES string of the molecule is CCCCCCCCCCCCN(CCCCCCCCCCCCOC)CCN(C)C. The molecule has 3 nitrogen and oxygen atoms in total. The van der Waals surface area contributed by atoms with Crippen molar-refractivity contribution in [1.29, 1.82) is 0 Å². The Balaban J connectivity index is 3.61. The molecule has 0 heterocycles. The predicted octanol–water partition coefficient (Wildman–Crippen LogP) is 8.32. The molecule has 0 bridgehead atoms. The lowest BCUT2D eigenvalue weighted by molar-refractivity contribution is 0.192. The maximum atomic E-state index is 5.12. The minimum atomic E-state index is 0.935. The Morgan fingerprint density at radius 3 is 1.19 bits per heavy atom. The van der Waals surface area contributed by atoms with E-state index in [9.17, 15) is 0 Å². The summed E-state index contributed by atoms with van der Waals surface area (Å²) in [4.78, 5) is 5.07. The zero-order valence-corrected chi connectivity index (χ0v) is 23.0. The van der Waals surface area contributed by atoms with Crippen LogP contribution in [0.3, 0.4) is 0 Å². The first-order valence-corrected chi connectivity index (χ1v) is 14.6. The Labute approximate surface area is 204 Å². The van der Waals surface area contributed by atoms with Gasteiger partial charge in [0.05, 0.1) is 0 Å². The third-order valence-electron chi connectivity index (χ3n) is 6.76. The van der Waals surface area contributed by atoms with Crippen molar-refractivity contribution in [3.05, 3.63) is 0 Å². The van der Waals surface area contributed by atoms with Gasteiger partial charge in [-0.05, 0) is 46.4 Å². The van der Waals surface area contributed by atoms with Gasteiger partial charge in [-0.25, -0.2) is 0 Å². The lowest BCUT2D eigenvalue weighted by Crippen LogP contribution is -2.33. The first-order chi connectivity index (χ1) is 15.7. The highest BCUT2D eigenvalue weighted by atomic mass is 16.5. The van der Waals surface area contributed by atoms with E-state index in [0.29, 0.717) is 0 Å². The molecular weight excluding hydrogens is 392 g/mol. The molecule has 0 radical (unpaired) electrons. The Kier molecular flexibility index (Phi) is 27.0. The monoisotopic (exact) mass is 454 g/mol. The van der Waals surface area contributed by atoms with E-state index in [1.807, 2.05) is 0 Å². The number of methoxy groups -OCH3 is 1. The van der Waals surface area contributed by atoms with Gasteiger partial charge in [-0.3, -0.25) is 0 Å². The minimum Gasteiger partial charge on any atom is -0.385 e. The third-order valence-corrected chi connectivity index (χ3v) is 6.76. The summed E-state index contributed by atoms with van der Waals surface area (Å²) in [6, 6.07) is 0. The Hall–Kier alpha value is -0.120. The number of unbranched alkanes of at least 4 members (excludes halogenated alkanes) is 18. The number of hydrogen-bond donors (Lipinski definition) is 0. The molecule has 0 saturated carbocycles. The van der Waals surface area contributed by atoms with Crippen LogP contribution < -0.4 is 0 Å². The van der Waals surface area contributed by atoms with Crippen molar-refractivity contribution in [3.63, 3.8) is 0 Å². The van der Waals surface area contributed by atoms with Crippen molar-refractivity contribution in [2.24, 2.45) is 0 Å². The molecule has 0 spiro atoms. The molecule has 32 heavy (non-hydrogen) atoms. The molecule has 0 aliphatic heterocycles. The quantitative estimate of drug-likeness (QED) is 0.116. The summed E-state index contributed by atoms with van der Waals surface area (Å²) in [5, 5.41) is 0. The van der Waals surface area contributed by atoms with Crippen LogP contribution in [0.2, 0.25) is 0 Å². The molecule has 0 aromatic carbocycles. The summed E-state index contributed by atoms with van der Waals surface area (Å²) in [5.41, 5.74) is 0. The van der Waals surface area contributed by atoms with E-state index in [4.69, 9.17) is 4.74 Å². The van der Waals surface area contributed by atoms with Crippen LogP contribution in [0.5, 0.6) is 0 Å². The maximum absolute atomic E-state index is 5.12. The van der Waals surface area contributed by atoms with E-state index < -0.39 is 0 Å². The van der Waals surface area contributed by atoms with E-state index in [2.05, 4.69) is 30.8 Å². The van der Waals surface area contributed by atoms with Gasteiger partial charge >= 0.3 is 0 Å². The van der Waals surface area contributed by atoms with Gasteiger partial charge in [-0.2, -0.15) is 0 Å². The molecule has 0 saturated heterocycles. The van der Waals surface area contributed by atoms with Gasteiger partial charge in [-0.1, -0.05) is 116 Å². The second-order valence-electron chi connectivity index (χ2n) is 10.4. The number of hydrogen-bond acceptors (Lipinski definition) is 3. The van der Waals surface area contributed by atoms with Crippen LogP contribution in [0.1, 0.15) is 135 Å². The lowest BCUT2D eigenvalue weighted by Gasteiger charge is -2.24. The van der Waals surface area contributed by atoms with Gasteiger partial charge in [0.2, 0.25) is 0 Å². The van der Waals surface area contributed by atoms with E-state index in [-0.39, 0.29) is 0 Å². The second kappa shape index (κ2) is 27.1. The van der Waals surface area contributed by atoms with Crippen LogP contribution in [0, 0.1) is 0 Å². The van der Waals surface area contributed by atoms with E-state index in [0.717, 1.165) is 6.61 Å². The van der Waals surface area contributed by atoms with Crippen molar-refractivity contribution in [3.8, 4) is 0 Å². The van der Waals surface area contributed by atoms with Crippen LogP contribution in [-0.2, 0) is 4.74 Å². The fourth-order valence-electron chi connectivity index (χ4n) is 4.50. The topological polar surface area (TPSA) is 15.7 Å². The molecule has 0 atom stereocenters. The lowest BCUT2D eigenvalue weighted by atomic mass is 10.1. The van der Waals surface area contributed by atoms with Crippen LogP contribution in [-0.4, -0.2) is 63.8 Å². The van der Waals surface area contributed by atoms with Crippen LogP contribution in [0.4, 0.5) is 0 Å². The molecule has 0 aromatic heterocycles. The van der Waals surface area contributed by atoms with Crippen molar-refractivity contribution in [2.45, 2.75) is 135 Å². The molecule has 0 aromatic rings. The summed E-state index contributed by atoms with van der Waals surface area (Å²) in [6.45, 7) is 8.30. The number of nitrogens with zero attached hydrogens (tertiary/aromatic N) is 2. The molecule has 0 aliphatic carbocycles. The van der Waals surface area contributed by atoms with Gasteiger partial charge in [0.25, 0.3) is 0 Å². The Morgan fingerprint density at radius 1 is 0.438 bits per heavy atom. The zero-order chi connectivity index (χ0) is 23.5. The van der Waals surface area contributed by atoms with Gasteiger partial charge < -0.3 is 14.5 Å². The highest BCUT2D eigenvalue weighted by Crippen LogP contribution is 2.13. The normalized spacial score (nSPS) is 11.8. The highest BCUT2D eigenvalue weighted by Gasteiger charge is 2.05. The average molecular weight is 455 g/mol. The van der Waals surface area contributed by atoms with E-state index in [1.165, 1.54) is 155 Å². The Morgan fingerprint density at radius 2 is 0.812 bits per heavy atom. The summed E-state index contributed by atoms with van der Waals surface area (Å²) in [6.07, 6.45) is 28.3. The number of rotatable bonds is 27. The van der Waals surface area contributed by atoms with Crippen LogP contribution >= 0.6 is 0 Å². The van der Waals surface area contributed by atoms with Crippen molar-refractivity contribution >= 4 is 0 Å². The molecule has 0 amide bonds. The predicted molar refractivity (Wildman–Crippen MR) is 145 cm³/mol. The molecule has 194 valence electrons. The average Bonchev–Trinajstić information content (AvgIpc) is 2.78. The van der Waals surface area contributed by atoms with Crippen molar-refractivity contribution in [2.75, 3.05) is 54.0 Å². The maximum Gasteiger partial charge on any atom is 0.0462 e. The summed E-state index contributed by atoms with van der Waals surface area (Å²) in [5.74, 6) is 0. The van der Waals surface area contributed by atoms with E-state index in [1.54, 1.807) is 7.11 Å². The first-order valence-electron chi connectivity index (χ1n) is 14.6. The highest BCUT2D eigenvalue weighted by molar-refractivity contribution is 4.61. The fourth-order valence-corrected chi connectivity index (χ4v) is 4.50. The zero-order valence-electron chi connectivity index (χ0n) is 23.0. The fraction of sp³-hybridized carbons (Fsp3) is 1.00. The summed E-state index contributed by atoms with van der Waals surface area (Å²) < 4.78 is 5.12. The molecular formula is C29H62N2O. The third kappa shape index (κ3) is 26.1. The molecule has 0 fully saturated rings. The minimum absolute atomic E-state index is 0.935. The first kappa shape index (κ1) is 31.9. The summed E-state index contributed by atoms with van der Waals surface area (Å²) >= 11 is 0. The van der Waals surface area contributed by atoms with Crippen LogP contribution in [0.25, 0.3) is 0 Å². The smallest absolute Gasteiger partial charge is 0.0462 e. The molecule has 0 aliphatic rings. The molecule has 3 heteroatoms. The van der Waals surface area contributed by atoms with Gasteiger partial charge in [0.1, 0.15) is 0 Å². The molecule has 0 N–H and O–H groups in total. The Bertz CT molecular complexity index is 335. The summed E-state index contributed by atoms with van der Waals surface area (Å²) in [7, 11) is 6.21. The van der Waals surface area contributed by atoms with E-state index >= 15 is 0 Å². The van der Waals surface area contributed by atoms with Crippen molar-refractivity contribution in [1.82, 2.24) is 9.80 Å².